The lowest BCUT2D eigenvalue weighted by Gasteiger charge is -2.15. The number of nitrogens with zero attached hydrogens (tertiary/aromatic N) is 4. The summed E-state index contributed by atoms with van der Waals surface area (Å²) in [7, 11) is 3.41. The third-order valence-electron chi connectivity index (χ3n) is 4.37. The average molecular weight is 369 g/mol. The molecule has 2 aromatic rings. The van der Waals surface area contributed by atoms with Crippen LogP contribution in [0.3, 0.4) is 0 Å². The van der Waals surface area contributed by atoms with Crippen LogP contribution in [0, 0.1) is 0 Å². The number of aromatic nitrogens is 2. The summed E-state index contributed by atoms with van der Waals surface area (Å²) in [5.41, 5.74) is 7.91. The molecule has 2 amide bonds. The molecule has 0 saturated carbocycles. The van der Waals surface area contributed by atoms with Crippen molar-refractivity contribution in [3.8, 4) is 17.1 Å². The lowest BCUT2D eigenvalue weighted by atomic mass is 10.1. The van der Waals surface area contributed by atoms with Gasteiger partial charge in [0.2, 0.25) is 11.8 Å². The summed E-state index contributed by atoms with van der Waals surface area (Å²) < 4.78 is 5.57. The first-order valence-electron chi connectivity index (χ1n) is 8.81. The lowest BCUT2D eigenvalue weighted by Crippen LogP contribution is -2.29. The number of hydrogen-bond donors (Lipinski definition) is 1. The molecular formula is C19H23N5O3. The molecule has 8 heteroatoms. The molecule has 2 heterocycles. The third kappa shape index (κ3) is 4.33. The number of hydrogen-bond acceptors (Lipinski definition) is 6. The van der Waals surface area contributed by atoms with Crippen LogP contribution in [0.4, 0.5) is 5.82 Å². The van der Waals surface area contributed by atoms with Crippen LogP contribution in [0.25, 0.3) is 11.3 Å². The Labute approximate surface area is 158 Å². The van der Waals surface area contributed by atoms with Crippen molar-refractivity contribution in [1.82, 2.24) is 19.8 Å². The van der Waals surface area contributed by atoms with E-state index in [-0.39, 0.29) is 17.6 Å². The van der Waals surface area contributed by atoms with Gasteiger partial charge in [0.15, 0.2) is 5.82 Å². The van der Waals surface area contributed by atoms with Gasteiger partial charge >= 0.3 is 0 Å². The van der Waals surface area contributed by atoms with Gasteiger partial charge in [-0.2, -0.15) is 4.98 Å². The maximum atomic E-state index is 12.0. The number of amides is 2. The molecule has 142 valence electrons. The Morgan fingerprint density at radius 1 is 1.30 bits per heavy atom. The predicted molar refractivity (Wildman–Crippen MR) is 101 cm³/mol. The maximum absolute atomic E-state index is 12.0. The third-order valence-corrected chi connectivity index (χ3v) is 4.37. The number of carbonyl (C=O) groups excluding carboxylic acids is 2. The summed E-state index contributed by atoms with van der Waals surface area (Å²) in [6, 6.07) is 7.04. The average Bonchev–Trinajstić information content (AvgIpc) is 3.06. The van der Waals surface area contributed by atoms with Crippen LogP contribution >= 0.6 is 0 Å². The molecule has 0 unspecified atom stereocenters. The monoisotopic (exact) mass is 369 g/mol. The van der Waals surface area contributed by atoms with Crippen LogP contribution < -0.4 is 10.5 Å². The van der Waals surface area contributed by atoms with Crippen molar-refractivity contribution in [2.75, 3.05) is 39.5 Å². The predicted octanol–water partition coefficient (Wildman–Crippen LogP) is 1.43. The van der Waals surface area contributed by atoms with Crippen LogP contribution in [0.2, 0.25) is 0 Å². The van der Waals surface area contributed by atoms with E-state index in [0.717, 1.165) is 18.5 Å². The van der Waals surface area contributed by atoms with Crippen LogP contribution in [-0.2, 0) is 4.79 Å². The topological polar surface area (TPSA) is 102 Å². The molecule has 0 aliphatic carbocycles. The van der Waals surface area contributed by atoms with Crippen LogP contribution in [0.1, 0.15) is 23.2 Å². The number of anilines is 1. The van der Waals surface area contributed by atoms with Crippen LogP contribution in [0.15, 0.2) is 30.5 Å². The summed E-state index contributed by atoms with van der Waals surface area (Å²) in [5, 5.41) is 0. The number of rotatable bonds is 6. The highest BCUT2D eigenvalue weighted by atomic mass is 16.5. The van der Waals surface area contributed by atoms with Gasteiger partial charge in [-0.25, -0.2) is 4.98 Å². The first-order valence-corrected chi connectivity index (χ1v) is 8.81. The minimum atomic E-state index is -0.0687. The van der Waals surface area contributed by atoms with Crippen molar-refractivity contribution >= 4 is 17.6 Å². The molecular weight excluding hydrogens is 346 g/mol. The van der Waals surface area contributed by atoms with E-state index in [4.69, 9.17) is 10.5 Å². The van der Waals surface area contributed by atoms with Gasteiger partial charge in [0.05, 0.1) is 12.7 Å². The Morgan fingerprint density at radius 3 is 2.63 bits per heavy atom. The van der Waals surface area contributed by atoms with E-state index in [1.54, 1.807) is 43.3 Å². The Bertz CT molecular complexity index is 836. The van der Waals surface area contributed by atoms with E-state index in [2.05, 4.69) is 9.97 Å². The minimum Gasteiger partial charge on any atom is -0.475 e. The zero-order chi connectivity index (χ0) is 19.4. The molecule has 27 heavy (non-hydrogen) atoms. The highest BCUT2D eigenvalue weighted by Gasteiger charge is 2.19. The largest absolute Gasteiger partial charge is 0.475 e. The van der Waals surface area contributed by atoms with E-state index in [9.17, 15) is 9.59 Å². The van der Waals surface area contributed by atoms with Gasteiger partial charge in [0.25, 0.3) is 5.91 Å². The van der Waals surface area contributed by atoms with E-state index >= 15 is 0 Å². The van der Waals surface area contributed by atoms with E-state index < -0.39 is 0 Å². The van der Waals surface area contributed by atoms with E-state index in [0.29, 0.717) is 36.7 Å². The number of benzene rings is 1. The minimum absolute atomic E-state index is 0.0687. The molecule has 0 spiro atoms. The summed E-state index contributed by atoms with van der Waals surface area (Å²) >= 11 is 0. The highest BCUT2D eigenvalue weighted by molar-refractivity contribution is 5.94. The zero-order valence-electron chi connectivity index (χ0n) is 15.5. The molecule has 0 radical (unpaired) electrons. The summed E-state index contributed by atoms with van der Waals surface area (Å²) in [6.07, 6.45) is 3.02. The smallest absolute Gasteiger partial charge is 0.253 e. The fourth-order valence-electron chi connectivity index (χ4n) is 2.91. The van der Waals surface area contributed by atoms with Gasteiger partial charge in [-0.05, 0) is 18.6 Å². The van der Waals surface area contributed by atoms with E-state index in [1.165, 1.54) is 11.1 Å². The second kappa shape index (κ2) is 8.03. The van der Waals surface area contributed by atoms with Crippen molar-refractivity contribution in [2.24, 2.45) is 0 Å². The van der Waals surface area contributed by atoms with Crippen molar-refractivity contribution < 1.29 is 14.3 Å². The number of nitrogen functional groups attached to an aromatic ring is 1. The van der Waals surface area contributed by atoms with Gasteiger partial charge in [0, 0.05) is 38.2 Å². The number of ether oxygens (including phenoxy) is 1. The number of carbonyl (C=O) groups is 2. The summed E-state index contributed by atoms with van der Waals surface area (Å²) in [4.78, 5) is 35.4. The molecule has 1 aromatic carbocycles. The van der Waals surface area contributed by atoms with Crippen molar-refractivity contribution in [2.45, 2.75) is 12.8 Å². The Hall–Kier alpha value is -3.16. The quantitative estimate of drug-likeness (QED) is 0.826. The van der Waals surface area contributed by atoms with Gasteiger partial charge in [-0.1, -0.05) is 12.1 Å². The Kier molecular flexibility index (Phi) is 5.54. The lowest BCUT2D eigenvalue weighted by molar-refractivity contribution is -0.128. The molecule has 1 fully saturated rings. The normalized spacial score (nSPS) is 13.7. The van der Waals surface area contributed by atoms with Crippen molar-refractivity contribution in [3.63, 3.8) is 0 Å². The fraction of sp³-hybridized carbons (Fsp3) is 0.368. The van der Waals surface area contributed by atoms with Crippen molar-refractivity contribution in [1.29, 1.82) is 0 Å². The zero-order valence-corrected chi connectivity index (χ0v) is 15.5. The van der Waals surface area contributed by atoms with Crippen molar-refractivity contribution in [3.05, 3.63) is 36.0 Å². The molecule has 8 nitrogen and oxygen atoms in total. The molecule has 1 aromatic heterocycles. The van der Waals surface area contributed by atoms with Gasteiger partial charge in [-0.3, -0.25) is 9.59 Å². The molecule has 3 rings (SSSR count). The number of nitrogens with two attached hydrogens (primary N) is 1. The molecule has 0 bridgehead atoms. The Morgan fingerprint density at radius 2 is 2.04 bits per heavy atom. The van der Waals surface area contributed by atoms with Crippen LogP contribution in [-0.4, -0.2) is 65.4 Å². The van der Waals surface area contributed by atoms with Crippen LogP contribution in [0.5, 0.6) is 5.88 Å². The van der Waals surface area contributed by atoms with Gasteiger partial charge in [0.1, 0.15) is 12.3 Å². The first kappa shape index (κ1) is 18.6. The Balaban J connectivity index is 1.64. The standard InChI is InChI=1S/C19H23N5O3/c1-23(2)19(26)14-7-5-13(6-8-14)17-18(20)22-15(12-21-17)27-11-10-24-9-3-4-16(24)25/h5-8,12H,3-4,9-11H2,1-2H3,(H2,20,22). The van der Waals surface area contributed by atoms with Gasteiger partial charge < -0.3 is 20.3 Å². The molecule has 1 aliphatic heterocycles. The summed E-state index contributed by atoms with van der Waals surface area (Å²) in [6.45, 7) is 1.66. The highest BCUT2D eigenvalue weighted by Crippen LogP contribution is 2.24. The molecule has 0 atom stereocenters. The SMILES string of the molecule is CN(C)C(=O)c1ccc(-c2ncc(OCCN3CCCC3=O)nc2N)cc1. The molecule has 2 N–H and O–H groups in total. The second-order valence-electron chi connectivity index (χ2n) is 6.55. The number of likely N-dealkylation sites (tertiary alicyclic amines) is 1. The molecule has 1 saturated heterocycles. The van der Waals surface area contributed by atoms with E-state index in [1.807, 2.05) is 0 Å². The maximum Gasteiger partial charge on any atom is 0.253 e. The summed E-state index contributed by atoms with van der Waals surface area (Å²) in [5.74, 6) is 0.662. The second-order valence-corrected chi connectivity index (χ2v) is 6.55. The van der Waals surface area contributed by atoms with Gasteiger partial charge in [-0.15, -0.1) is 0 Å². The fourth-order valence-corrected chi connectivity index (χ4v) is 2.91. The molecule has 1 aliphatic rings. The first-order chi connectivity index (χ1) is 13.0.